The Morgan fingerprint density at radius 2 is 1.94 bits per heavy atom. The Morgan fingerprint density at radius 1 is 1.31 bits per heavy atom. The first-order valence-electron chi connectivity index (χ1n) is 6.30. The van der Waals surface area contributed by atoms with Crippen molar-refractivity contribution in [2.24, 2.45) is 0 Å². The Balaban J connectivity index is 2.33. The van der Waals surface area contributed by atoms with Gasteiger partial charge in [-0.2, -0.15) is 0 Å². The molecule has 94 valence electrons. The largest absolute Gasteiger partial charge is 0.349 e. The molecule has 0 aromatic carbocycles. The minimum absolute atomic E-state index is 0.229. The first-order valence-corrected chi connectivity index (χ1v) is 6.30. The Morgan fingerprint density at radius 3 is 2.44 bits per heavy atom. The van der Waals surface area contributed by atoms with E-state index in [1.807, 2.05) is 14.1 Å². The van der Waals surface area contributed by atoms with Gasteiger partial charge in [0.25, 0.3) is 0 Å². The molecule has 1 rings (SSSR count). The van der Waals surface area contributed by atoms with E-state index in [0.29, 0.717) is 12.5 Å². The van der Waals surface area contributed by atoms with Gasteiger partial charge >= 0.3 is 0 Å². The Bertz CT molecular complexity index is 212. The first kappa shape index (κ1) is 13.5. The minimum atomic E-state index is 0.229. The maximum Gasteiger partial charge on any atom is 0.223 e. The third-order valence-corrected chi connectivity index (χ3v) is 3.34. The van der Waals surface area contributed by atoms with Crippen LogP contribution in [0.1, 0.15) is 26.2 Å². The van der Waals surface area contributed by atoms with Crippen LogP contribution in [0.15, 0.2) is 0 Å². The minimum Gasteiger partial charge on any atom is -0.349 e. The van der Waals surface area contributed by atoms with Gasteiger partial charge in [-0.15, -0.1) is 0 Å². The molecule has 0 atom stereocenters. The zero-order valence-corrected chi connectivity index (χ0v) is 10.8. The fourth-order valence-corrected chi connectivity index (χ4v) is 2.23. The van der Waals surface area contributed by atoms with Gasteiger partial charge in [-0.3, -0.25) is 4.79 Å². The second kappa shape index (κ2) is 6.86. The van der Waals surface area contributed by atoms with Crippen LogP contribution in [0.25, 0.3) is 0 Å². The number of nitrogens with one attached hydrogen (secondary N) is 1. The molecule has 0 unspecified atom stereocenters. The summed E-state index contributed by atoms with van der Waals surface area (Å²) in [7, 11) is 3.65. The van der Waals surface area contributed by atoms with Gasteiger partial charge in [-0.1, -0.05) is 6.92 Å². The quantitative estimate of drug-likeness (QED) is 0.744. The van der Waals surface area contributed by atoms with E-state index in [2.05, 4.69) is 17.1 Å². The van der Waals surface area contributed by atoms with E-state index in [1.165, 1.54) is 12.8 Å². The summed E-state index contributed by atoms with van der Waals surface area (Å²) < 4.78 is 0. The highest BCUT2D eigenvalue weighted by Crippen LogP contribution is 2.12. The molecule has 1 saturated heterocycles. The summed E-state index contributed by atoms with van der Waals surface area (Å²) in [6.07, 6.45) is 3.07. The SMILES string of the molecule is CCN(CCC(=O)N(C)C)C1CCNCC1. The van der Waals surface area contributed by atoms with Gasteiger partial charge in [0.2, 0.25) is 5.91 Å². The molecule has 1 N–H and O–H groups in total. The summed E-state index contributed by atoms with van der Waals surface area (Å²) in [5.74, 6) is 0.229. The number of amides is 1. The lowest BCUT2D eigenvalue weighted by Gasteiger charge is -2.33. The smallest absolute Gasteiger partial charge is 0.223 e. The topological polar surface area (TPSA) is 35.6 Å². The molecule has 0 saturated carbocycles. The van der Waals surface area contributed by atoms with Crippen LogP contribution in [0.2, 0.25) is 0 Å². The summed E-state index contributed by atoms with van der Waals surface area (Å²) >= 11 is 0. The fraction of sp³-hybridized carbons (Fsp3) is 0.917. The van der Waals surface area contributed by atoms with Crippen molar-refractivity contribution in [3.63, 3.8) is 0 Å². The second-order valence-corrected chi connectivity index (χ2v) is 4.65. The Hall–Kier alpha value is -0.610. The van der Waals surface area contributed by atoms with Gasteiger partial charge in [-0.25, -0.2) is 0 Å². The average molecular weight is 227 g/mol. The van der Waals surface area contributed by atoms with Gasteiger partial charge in [0.15, 0.2) is 0 Å². The maximum atomic E-state index is 11.5. The number of hydrogen-bond donors (Lipinski definition) is 1. The highest BCUT2D eigenvalue weighted by Gasteiger charge is 2.20. The van der Waals surface area contributed by atoms with Crippen molar-refractivity contribution in [2.45, 2.75) is 32.2 Å². The molecular weight excluding hydrogens is 202 g/mol. The van der Waals surface area contributed by atoms with Crippen LogP contribution in [0.3, 0.4) is 0 Å². The monoisotopic (exact) mass is 227 g/mol. The molecular formula is C12H25N3O. The Kier molecular flexibility index (Phi) is 5.77. The second-order valence-electron chi connectivity index (χ2n) is 4.65. The number of carbonyl (C=O) groups excluding carboxylic acids is 1. The summed E-state index contributed by atoms with van der Waals surface area (Å²) in [6.45, 7) is 6.36. The van der Waals surface area contributed by atoms with Crippen LogP contribution < -0.4 is 5.32 Å². The normalized spacial score (nSPS) is 17.8. The number of rotatable bonds is 5. The zero-order valence-electron chi connectivity index (χ0n) is 10.8. The number of nitrogens with zero attached hydrogens (tertiary/aromatic N) is 2. The van der Waals surface area contributed by atoms with Crippen molar-refractivity contribution in [1.82, 2.24) is 15.1 Å². The van der Waals surface area contributed by atoms with Gasteiger partial charge in [-0.05, 0) is 32.5 Å². The van der Waals surface area contributed by atoms with Gasteiger partial charge < -0.3 is 15.1 Å². The molecule has 0 aromatic rings. The number of hydrogen-bond acceptors (Lipinski definition) is 3. The van der Waals surface area contributed by atoms with Crippen LogP contribution in [0.5, 0.6) is 0 Å². The lowest BCUT2D eigenvalue weighted by molar-refractivity contribution is -0.129. The van der Waals surface area contributed by atoms with E-state index in [4.69, 9.17) is 0 Å². The third kappa shape index (κ3) is 4.10. The van der Waals surface area contributed by atoms with Crippen LogP contribution in [-0.4, -0.2) is 62.0 Å². The molecule has 0 aromatic heterocycles. The number of carbonyl (C=O) groups is 1. The molecule has 0 radical (unpaired) electrons. The molecule has 4 nitrogen and oxygen atoms in total. The summed E-state index contributed by atoms with van der Waals surface area (Å²) in [4.78, 5) is 15.7. The Labute approximate surface area is 99.0 Å². The fourth-order valence-electron chi connectivity index (χ4n) is 2.23. The average Bonchev–Trinajstić information content (AvgIpc) is 2.30. The van der Waals surface area contributed by atoms with Gasteiger partial charge in [0, 0.05) is 33.1 Å². The highest BCUT2D eigenvalue weighted by atomic mass is 16.2. The summed E-state index contributed by atoms with van der Waals surface area (Å²) in [6, 6.07) is 0.668. The molecule has 1 aliphatic rings. The first-order chi connectivity index (χ1) is 7.65. The molecule has 0 spiro atoms. The molecule has 1 heterocycles. The zero-order chi connectivity index (χ0) is 12.0. The van der Waals surface area contributed by atoms with E-state index in [1.54, 1.807) is 4.90 Å². The molecule has 1 amide bonds. The van der Waals surface area contributed by atoms with E-state index < -0.39 is 0 Å². The van der Waals surface area contributed by atoms with Crippen molar-refractivity contribution in [3.8, 4) is 0 Å². The van der Waals surface area contributed by atoms with Crippen LogP contribution >= 0.6 is 0 Å². The van der Waals surface area contributed by atoms with Crippen molar-refractivity contribution < 1.29 is 4.79 Å². The van der Waals surface area contributed by atoms with Crippen molar-refractivity contribution in [2.75, 3.05) is 40.3 Å². The highest BCUT2D eigenvalue weighted by molar-refractivity contribution is 5.75. The van der Waals surface area contributed by atoms with Crippen LogP contribution in [0, 0.1) is 0 Å². The lowest BCUT2D eigenvalue weighted by Crippen LogP contribution is -2.44. The van der Waals surface area contributed by atoms with Gasteiger partial charge in [0.05, 0.1) is 0 Å². The molecule has 4 heteroatoms. The predicted octanol–water partition coefficient (Wildman–Crippen LogP) is 0.539. The molecule has 16 heavy (non-hydrogen) atoms. The van der Waals surface area contributed by atoms with E-state index >= 15 is 0 Å². The number of piperidine rings is 1. The summed E-state index contributed by atoms with van der Waals surface area (Å²) in [5.41, 5.74) is 0. The predicted molar refractivity (Wildman–Crippen MR) is 66.4 cm³/mol. The van der Waals surface area contributed by atoms with Crippen molar-refractivity contribution in [3.05, 3.63) is 0 Å². The van der Waals surface area contributed by atoms with Crippen molar-refractivity contribution in [1.29, 1.82) is 0 Å². The van der Waals surface area contributed by atoms with E-state index in [-0.39, 0.29) is 5.91 Å². The van der Waals surface area contributed by atoms with E-state index in [9.17, 15) is 4.79 Å². The van der Waals surface area contributed by atoms with Crippen LogP contribution in [0.4, 0.5) is 0 Å². The maximum absolute atomic E-state index is 11.5. The van der Waals surface area contributed by atoms with Crippen LogP contribution in [-0.2, 0) is 4.79 Å². The summed E-state index contributed by atoms with van der Waals surface area (Å²) in [5, 5.41) is 3.37. The third-order valence-electron chi connectivity index (χ3n) is 3.34. The van der Waals surface area contributed by atoms with E-state index in [0.717, 1.165) is 26.2 Å². The standard InChI is InChI=1S/C12H25N3O/c1-4-15(10-7-12(16)14(2)3)11-5-8-13-9-6-11/h11,13H,4-10H2,1-3H3. The van der Waals surface area contributed by atoms with Gasteiger partial charge in [0.1, 0.15) is 0 Å². The van der Waals surface area contributed by atoms with Crippen molar-refractivity contribution >= 4 is 5.91 Å². The molecule has 0 bridgehead atoms. The lowest BCUT2D eigenvalue weighted by atomic mass is 10.0. The molecule has 1 aliphatic heterocycles. The molecule has 0 aliphatic carbocycles. The molecule has 1 fully saturated rings.